The zero-order valence-electron chi connectivity index (χ0n) is 7.92. The van der Waals surface area contributed by atoms with Gasteiger partial charge in [-0.2, -0.15) is 0 Å². The normalized spacial score (nSPS) is 20.5. The second kappa shape index (κ2) is 4.19. The predicted molar refractivity (Wildman–Crippen MR) is 60.8 cm³/mol. The molecular weight excluding hydrogens is 232 g/mol. The first-order valence-corrected chi connectivity index (χ1v) is 5.76. The largest absolute Gasteiger partial charge is 0.392 e. The summed E-state index contributed by atoms with van der Waals surface area (Å²) in [5.41, 5.74) is 5.59. The highest BCUT2D eigenvalue weighted by atomic mass is 32.1. The van der Waals surface area contributed by atoms with Crippen molar-refractivity contribution in [2.24, 2.45) is 5.73 Å². The van der Waals surface area contributed by atoms with Gasteiger partial charge in [-0.05, 0) is 24.4 Å². The van der Waals surface area contributed by atoms with Crippen molar-refractivity contribution >= 4 is 34.6 Å². The van der Waals surface area contributed by atoms with Crippen LogP contribution in [0.5, 0.6) is 0 Å². The zero-order chi connectivity index (χ0) is 10.8. The number of rotatable bonds is 2. The summed E-state index contributed by atoms with van der Waals surface area (Å²) in [7, 11) is 0. The van der Waals surface area contributed by atoms with Gasteiger partial charge in [0.2, 0.25) is 0 Å². The van der Waals surface area contributed by atoms with Gasteiger partial charge in [0.05, 0.1) is 17.2 Å². The smallest absolute Gasteiger partial charge is 0.267 e. The molecule has 1 fully saturated rings. The molecule has 1 aliphatic heterocycles. The third-order valence-corrected chi connectivity index (χ3v) is 3.34. The lowest BCUT2D eigenvalue weighted by molar-refractivity contribution is 0.0775. The molecule has 0 aliphatic carbocycles. The van der Waals surface area contributed by atoms with Gasteiger partial charge in [-0.15, -0.1) is 5.10 Å². The highest BCUT2D eigenvalue weighted by molar-refractivity contribution is 7.80. The van der Waals surface area contributed by atoms with Gasteiger partial charge in [0.1, 0.15) is 4.88 Å². The van der Waals surface area contributed by atoms with Crippen LogP contribution in [-0.2, 0) is 0 Å². The van der Waals surface area contributed by atoms with Crippen LogP contribution in [0.3, 0.4) is 0 Å². The van der Waals surface area contributed by atoms with Crippen LogP contribution in [-0.4, -0.2) is 38.0 Å². The maximum atomic E-state index is 12.0. The lowest BCUT2D eigenvalue weighted by Crippen LogP contribution is -2.42. The molecule has 2 rings (SSSR count). The maximum absolute atomic E-state index is 12.0. The molecular formula is C8H10N4OS2. The molecule has 1 atom stereocenters. The Labute approximate surface area is 96.4 Å². The summed E-state index contributed by atoms with van der Waals surface area (Å²) in [5, 5.41) is 3.64. The lowest BCUT2D eigenvalue weighted by atomic mass is 10.2. The second-order valence-corrected chi connectivity index (χ2v) is 4.60. The Kier molecular flexibility index (Phi) is 2.92. The van der Waals surface area contributed by atoms with Crippen molar-refractivity contribution in [1.29, 1.82) is 0 Å². The predicted octanol–water partition coefficient (Wildman–Crippen LogP) is 0.429. The summed E-state index contributed by atoms with van der Waals surface area (Å²) in [4.78, 5) is 14.6. The van der Waals surface area contributed by atoms with Crippen LogP contribution in [0.15, 0.2) is 6.20 Å². The van der Waals surface area contributed by atoms with Gasteiger partial charge in [0.15, 0.2) is 0 Å². The van der Waals surface area contributed by atoms with Gasteiger partial charge in [0.25, 0.3) is 5.91 Å². The first kappa shape index (κ1) is 10.4. The van der Waals surface area contributed by atoms with Crippen LogP contribution in [0.1, 0.15) is 22.5 Å². The standard InChI is InChI=1S/C8H10N4OS2/c9-7(14)5-2-1-3-12(5)8(13)6-4-10-11-15-6/h4-5H,1-3H2,(H2,9,14). The van der Waals surface area contributed by atoms with Crippen molar-refractivity contribution in [2.45, 2.75) is 18.9 Å². The number of thiocarbonyl (C=S) groups is 1. The minimum absolute atomic E-state index is 0.0692. The van der Waals surface area contributed by atoms with Gasteiger partial charge in [0, 0.05) is 6.54 Å². The maximum Gasteiger partial charge on any atom is 0.267 e. The lowest BCUT2D eigenvalue weighted by Gasteiger charge is -2.22. The fourth-order valence-corrected chi connectivity index (χ4v) is 2.43. The van der Waals surface area contributed by atoms with E-state index in [1.165, 1.54) is 6.20 Å². The van der Waals surface area contributed by atoms with Gasteiger partial charge < -0.3 is 10.6 Å². The first-order valence-electron chi connectivity index (χ1n) is 4.58. The third-order valence-electron chi connectivity index (χ3n) is 2.41. The molecule has 80 valence electrons. The van der Waals surface area contributed by atoms with Crippen molar-refractivity contribution in [3.8, 4) is 0 Å². The molecule has 15 heavy (non-hydrogen) atoms. The fraction of sp³-hybridized carbons (Fsp3) is 0.500. The summed E-state index contributed by atoms with van der Waals surface area (Å²) in [6, 6.07) is -0.102. The van der Waals surface area contributed by atoms with Crippen LogP contribution in [0, 0.1) is 0 Å². The van der Waals surface area contributed by atoms with Crippen LogP contribution in [0.25, 0.3) is 0 Å². The molecule has 1 saturated heterocycles. The molecule has 0 aromatic carbocycles. The van der Waals surface area contributed by atoms with Crippen LogP contribution >= 0.6 is 23.8 Å². The number of nitrogens with zero attached hydrogens (tertiary/aromatic N) is 3. The number of nitrogens with two attached hydrogens (primary N) is 1. The quantitative estimate of drug-likeness (QED) is 0.761. The molecule has 0 bridgehead atoms. The number of hydrogen-bond acceptors (Lipinski definition) is 5. The SMILES string of the molecule is NC(=S)C1CCCN1C(=O)c1cnns1. The van der Waals surface area contributed by atoms with Crippen molar-refractivity contribution in [1.82, 2.24) is 14.5 Å². The molecule has 1 aliphatic rings. The summed E-state index contributed by atoms with van der Waals surface area (Å²) >= 11 is 6.03. The van der Waals surface area contributed by atoms with Crippen molar-refractivity contribution in [3.05, 3.63) is 11.1 Å². The molecule has 5 nitrogen and oxygen atoms in total. The van der Waals surface area contributed by atoms with E-state index >= 15 is 0 Å². The van der Waals surface area contributed by atoms with Crippen LogP contribution in [0.2, 0.25) is 0 Å². The number of carbonyl (C=O) groups is 1. The van der Waals surface area contributed by atoms with Crippen LogP contribution < -0.4 is 5.73 Å². The Morgan fingerprint density at radius 1 is 1.73 bits per heavy atom. The molecule has 0 spiro atoms. The van der Waals surface area contributed by atoms with Crippen LogP contribution in [0.4, 0.5) is 0 Å². The van der Waals surface area contributed by atoms with E-state index in [-0.39, 0.29) is 11.9 Å². The van der Waals surface area contributed by atoms with Gasteiger partial charge in [-0.1, -0.05) is 16.7 Å². The van der Waals surface area contributed by atoms with Gasteiger partial charge in [-0.25, -0.2) is 0 Å². The summed E-state index contributed by atoms with van der Waals surface area (Å²) < 4.78 is 3.66. The average molecular weight is 242 g/mol. The molecule has 1 aromatic heterocycles. The van der Waals surface area contributed by atoms with E-state index in [0.29, 0.717) is 16.4 Å². The summed E-state index contributed by atoms with van der Waals surface area (Å²) in [6.45, 7) is 0.707. The summed E-state index contributed by atoms with van der Waals surface area (Å²) in [6.07, 6.45) is 3.27. The number of carbonyl (C=O) groups excluding carboxylic acids is 1. The van der Waals surface area contributed by atoms with Gasteiger partial charge >= 0.3 is 0 Å². The monoisotopic (exact) mass is 242 g/mol. The highest BCUT2D eigenvalue weighted by Crippen LogP contribution is 2.20. The molecule has 2 heterocycles. The Hall–Kier alpha value is -1.08. The Morgan fingerprint density at radius 3 is 3.13 bits per heavy atom. The average Bonchev–Trinajstić information content (AvgIpc) is 2.88. The number of likely N-dealkylation sites (tertiary alicyclic amines) is 1. The van der Waals surface area contributed by atoms with Crippen molar-refractivity contribution < 1.29 is 4.79 Å². The highest BCUT2D eigenvalue weighted by Gasteiger charge is 2.31. The zero-order valence-corrected chi connectivity index (χ0v) is 9.55. The van der Waals surface area contributed by atoms with E-state index in [9.17, 15) is 4.79 Å². The summed E-state index contributed by atoms with van der Waals surface area (Å²) in [5.74, 6) is -0.0692. The number of aromatic nitrogens is 2. The third kappa shape index (κ3) is 1.98. The molecule has 0 saturated carbocycles. The number of hydrogen-bond donors (Lipinski definition) is 1. The van der Waals surface area contributed by atoms with Gasteiger partial charge in [-0.3, -0.25) is 4.79 Å². The van der Waals surface area contributed by atoms with E-state index < -0.39 is 0 Å². The van der Waals surface area contributed by atoms with Crippen molar-refractivity contribution in [2.75, 3.05) is 6.54 Å². The second-order valence-electron chi connectivity index (χ2n) is 3.34. The molecule has 2 N–H and O–H groups in total. The Bertz CT molecular complexity index is 378. The van der Waals surface area contributed by atoms with E-state index in [4.69, 9.17) is 18.0 Å². The van der Waals surface area contributed by atoms with E-state index in [2.05, 4.69) is 9.59 Å². The Balaban J connectivity index is 2.17. The van der Waals surface area contributed by atoms with Crippen molar-refractivity contribution in [3.63, 3.8) is 0 Å². The topological polar surface area (TPSA) is 72.1 Å². The minimum Gasteiger partial charge on any atom is -0.392 e. The molecule has 1 aromatic rings. The van der Waals surface area contributed by atoms with E-state index in [1.807, 2.05) is 0 Å². The van der Waals surface area contributed by atoms with E-state index in [0.717, 1.165) is 24.4 Å². The first-order chi connectivity index (χ1) is 7.20. The van der Waals surface area contributed by atoms with E-state index in [1.54, 1.807) is 4.90 Å². The molecule has 1 amide bonds. The minimum atomic E-state index is -0.102. The molecule has 0 radical (unpaired) electrons. The molecule has 7 heteroatoms. The molecule has 1 unspecified atom stereocenters. The fourth-order valence-electron chi connectivity index (χ4n) is 1.71. The number of amides is 1. The Morgan fingerprint density at radius 2 is 2.53 bits per heavy atom.